The monoisotopic (exact) mass is 357 g/mol. The first-order valence-corrected chi connectivity index (χ1v) is 9.81. The number of nitrogens with zero attached hydrogens (tertiary/aromatic N) is 1. The third kappa shape index (κ3) is 4.88. The molecule has 4 heteroatoms. The van der Waals surface area contributed by atoms with E-state index < -0.39 is 0 Å². The van der Waals surface area contributed by atoms with Gasteiger partial charge in [-0.2, -0.15) is 0 Å². The zero-order valence-corrected chi connectivity index (χ0v) is 16.1. The van der Waals surface area contributed by atoms with Gasteiger partial charge in [-0.25, -0.2) is 0 Å². The van der Waals surface area contributed by atoms with Crippen molar-refractivity contribution in [2.24, 2.45) is 5.92 Å². The van der Waals surface area contributed by atoms with Crippen LogP contribution in [0.25, 0.3) is 0 Å². The Balaban J connectivity index is 1.61. The molecule has 142 valence electrons. The van der Waals surface area contributed by atoms with Crippen molar-refractivity contribution in [3.8, 4) is 5.75 Å². The smallest absolute Gasteiger partial charge is 0.226 e. The standard InChI is InChI=1S/C22H31NO3/c1-25-20-10-8-18(9-11-20)14-19-16-23(13-12-21(19)26-2)22(24)15-17-6-4-3-5-7-17/h6,8-11,19,21H,3-5,7,12-16H2,1-2H3/t19-,21-/m0/s1. The van der Waals surface area contributed by atoms with Gasteiger partial charge in [0.1, 0.15) is 5.75 Å². The molecule has 0 aromatic heterocycles. The predicted molar refractivity (Wildman–Crippen MR) is 103 cm³/mol. The minimum Gasteiger partial charge on any atom is -0.497 e. The first-order valence-electron chi connectivity index (χ1n) is 9.81. The molecule has 0 bridgehead atoms. The van der Waals surface area contributed by atoms with Gasteiger partial charge in [-0.15, -0.1) is 0 Å². The Kier molecular flexibility index (Phi) is 6.73. The lowest BCUT2D eigenvalue weighted by Crippen LogP contribution is -2.47. The average Bonchev–Trinajstić information content (AvgIpc) is 2.69. The lowest BCUT2D eigenvalue weighted by molar-refractivity contribution is -0.134. The molecule has 1 aromatic rings. The van der Waals surface area contributed by atoms with Crippen LogP contribution in [0.4, 0.5) is 0 Å². The zero-order valence-electron chi connectivity index (χ0n) is 16.1. The quantitative estimate of drug-likeness (QED) is 0.723. The van der Waals surface area contributed by atoms with Crippen molar-refractivity contribution in [2.75, 3.05) is 27.3 Å². The largest absolute Gasteiger partial charge is 0.497 e. The molecule has 2 aliphatic rings. The van der Waals surface area contributed by atoms with Gasteiger partial charge in [0, 0.05) is 32.5 Å². The van der Waals surface area contributed by atoms with Crippen molar-refractivity contribution in [1.29, 1.82) is 0 Å². The van der Waals surface area contributed by atoms with Crippen molar-refractivity contribution < 1.29 is 14.3 Å². The Hall–Kier alpha value is -1.81. The molecule has 1 aliphatic carbocycles. The molecule has 1 aliphatic heterocycles. The Bertz CT molecular complexity index is 623. The second-order valence-corrected chi connectivity index (χ2v) is 7.50. The molecule has 1 aromatic carbocycles. The van der Waals surface area contributed by atoms with E-state index in [-0.39, 0.29) is 12.0 Å². The minimum absolute atomic E-state index is 0.218. The maximum absolute atomic E-state index is 12.8. The number of carbonyl (C=O) groups excluding carboxylic acids is 1. The lowest BCUT2D eigenvalue weighted by atomic mass is 9.88. The van der Waals surface area contributed by atoms with E-state index in [1.165, 1.54) is 24.0 Å². The predicted octanol–water partition coefficient (Wildman–Crippen LogP) is 3.99. The molecule has 1 fully saturated rings. The summed E-state index contributed by atoms with van der Waals surface area (Å²) in [4.78, 5) is 14.8. The van der Waals surface area contributed by atoms with E-state index in [0.717, 1.165) is 44.5 Å². The molecule has 1 saturated heterocycles. The number of rotatable bonds is 6. The van der Waals surface area contributed by atoms with Gasteiger partial charge in [-0.05, 0) is 56.2 Å². The van der Waals surface area contributed by atoms with Crippen LogP contribution in [0.3, 0.4) is 0 Å². The normalized spacial score (nSPS) is 23.5. The first-order chi connectivity index (χ1) is 12.7. The van der Waals surface area contributed by atoms with Gasteiger partial charge in [-0.1, -0.05) is 23.8 Å². The molecule has 0 N–H and O–H groups in total. The van der Waals surface area contributed by atoms with Crippen LogP contribution >= 0.6 is 0 Å². The number of piperidine rings is 1. The SMILES string of the molecule is COc1ccc(C[C@H]2CN(C(=O)CC3=CCCCC3)CC[C@@H]2OC)cc1. The number of hydrogen-bond donors (Lipinski definition) is 0. The van der Waals surface area contributed by atoms with E-state index in [2.05, 4.69) is 23.1 Å². The van der Waals surface area contributed by atoms with Crippen LogP contribution in [0.15, 0.2) is 35.9 Å². The van der Waals surface area contributed by atoms with E-state index in [4.69, 9.17) is 9.47 Å². The molecule has 1 heterocycles. The molecule has 2 atom stereocenters. The molecular weight excluding hydrogens is 326 g/mol. The summed E-state index contributed by atoms with van der Waals surface area (Å²) in [7, 11) is 3.47. The molecule has 3 rings (SSSR count). The van der Waals surface area contributed by atoms with Crippen molar-refractivity contribution >= 4 is 5.91 Å². The van der Waals surface area contributed by atoms with Crippen LogP contribution < -0.4 is 4.74 Å². The summed E-state index contributed by atoms with van der Waals surface area (Å²) >= 11 is 0. The highest BCUT2D eigenvalue weighted by molar-refractivity contribution is 5.78. The molecule has 4 nitrogen and oxygen atoms in total. The van der Waals surface area contributed by atoms with E-state index >= 15 is 0 Å². The van der Waals surface area contributed by atoms with E-state index in [0.29, 0.717) is 12.3 Å². The van der Waals surface area contributed by atoms with Crippen molar-refractivity contribution in [3.63, 3.8) is 0 Å². The van der Waals surface area contributed by atoms with Crippen LogP contribution in [-0.4, -0.2) is 44.2 Å². The third-order valence-corrected chi connectivity index (χ3v) is 5.74. The van der Waals surface area contributed by atoms with Gasteiger partial charge in [0.15, 0.2) is 0 Å². The summed E-state index contributed by atoms with van der Waals surface area (Å²) in [6.07, 6.45) is 9.66. The fourth-order valence-corrected chi connectivity index (χ4v) is 4.18. The molecule has 0 radical (unpaired) electrons. The van der Waals surface area contributed by atoms with Crippen molar-refractivity contribution in [3.05, 3.63) is 41.5 Å². The van der Waals surface area contributed by atoms with E-state index in [1.807, 2.05) is 12.1 Å². The average molecular weight is 357 g/mol. The molecule has 1 amide bonds. The maximum Gasteiger partial charge on any atom is 0.226 e. The summed E-state index contributed by atoms with van der Waals surface area (Å²) in [5, 5.41) is 0. The highest BCUT2D eigenvalue weighted by Gasteiger charge is 2.31. The topological polar surface area (TPSA) is 38.8 Å². The molecule has 0 saturated carbocycles. The summed E-state index contributed by atoms with van der Waals surface area (Å²) < 4.78 is 11.0. The second-order valence-electron chi connectivity index (χ2n) is 7.50. The Labute approximate surface area is 157 Å². The van der Waals surface area contributed by atoms with Gasteiger partial charge in [0.05, 0.1) is 13.2 Å². The highest BCUT2D eigenvalue weighted by atomic mass is 16.5. The number of hydrogen-bond acceptors (Lipinski definition) is 3. The highest BCUT2D eigenvalue weighted by Crippen LogP contribution is 2.27. The number of amides is 1. The Morgan fingerprint density at radius 2 is 2.00 bits per heavy atom. The second kappa shape index (κ2) is 9.22. The summed E-state index contributed by atoms with van der Waals surface area (Å²) in [6, 6.07) is 8.22. The fourth-order valence-electron chi connectivity index (χ4n) is 4.18. The first kappa shape index (κ1) is 19.0. The number of methoxy groups -OCH3 is 2. The van der Waals surface area contributed by atoms with Crippen LogP contribution in [0, 0.1) is 5.92 Å². The number of likely N-dealkylation sites (tertiary alicyclic amines) is 1. The number of allylic oxidation sites excluding steroid dienone is 1. The van der Waals surface area contributed by atoms with Gasteiger partial charge in [0.2, 0.25) is 5.91 Å². The maximum atomic E-state index is 12.8. The molecule has 0 unspecified atom stereocenters. The number of ether oxygens (including phenoxy) is 2. The van der Waals surface area contributed by atoms with Gasteiger partial charge in [0.25, 0.3) is 0 Å². The zero-order chi connectivity index (χ0) is 18.4. The van der Waals surface area contributed by atoms with Crippen LogP contribution in [0.2, 0.25) is 0 Å². The number of carbonyl (C=O) groups is 1. The van der Waals surface area contributed by atoms with E-state index in [1.54, 1.807) is 14.2 Å². The number of benzene rings is 1. The van der Waals surface area contributed by atoms with Crippen molar-refractivity contribution in [2.45, 2.75) is 51.0 Å². The summed E-state index contributed by atoms with van der Waals surface area (Å²) in [5.74, 6) is 1.50. The molecular formula is C22H31NO3. The van der Waals surface area contributed by atoms with Crippen LogP contribution in [-0.2, 0) is 16.0 Å². The summed E-state index contributed by atoms with van der Waals surface area (Å²) in [6.45, 7) is 1.60. The van der Waals surface area contributed by atoms with Crippen molar-refractivity contribution in [1.82, 2.24) is 4.90 Å². The van der Waals surface area contributed by atoms with Crippen LogP contribution in [0.1, 0.15) is 44.1 Å². The Morgan fingerprint density at radius 3 is 2.65 bits per heavy atom. The molecule has 26 heavy (non-hydrogen) atoms. The van der Waals surface area contributed by atoms with E-state index in [9.17, 15) is 4.79 Å². The lowest BCUT2D eigenvalue weighted by Gasteiger charge is -2.38. The minimum atomic E-state index is 0.218. The van der Waals surface area contributed by atoms with Crippen LogP contribution in [0.5, 0.6) is 5.75 Å². The molecule has 0 spiro atoms. The van der Waals surface area contributed by atoms with Gasteiger partial charge >= 0.3 is 0 Å². The Morgan fingerprint density at radius 1 is 1.19 bits per heavy atom. The van der Waals surface area contributed by atoms with Gasteiger partial charge in [-0.3, -0.25) is 4.79 Å². The fraction of sp³-hybridized carbons (Fsp3) is 0.591. The van der Waals surface area contributed by atoms with Gasteiger partial charge < -0.3 is 14.4 Å². The summed E-state index contributed by atoms with van der Waals surface area (Å²) in [5.41, 5.74) is 2.60. The third-order valence-electron chi connectivity index (χ3n) is 5.74.